The molecule has 2 nitrogen and oxygen atoms in total. The summed E-state index contributed by atoms with van der Waals surface area (Å²) in [7, 11) is 0. The van der Waals surface area contributed by atoms with Gasteiger partial charge in [0.2, 0.25) is 5.91 Å². The van der Waals surface area contributed by atoms with Gasteiger partial charge in [-0.2, -0.15) is 0 Å². The van der Waals surface area contributed by atoms with Crippen molar-refractivity contribution in [2.75, 3.05) is 6.54 Å². The van der Waals surface area contributed by atoms with Gasteiger partial charge in [0.25, 0.3) is 0 Å². The van der Waals surface area contributed by atoms with Crippen LogP contribution in [0.3, 0.4) is 0 Å². The van der Waals surface area contributed by atoms with Crippen molar-refractivity contribution in [1.82, 2.24) is 4.90 Å². The molecule has 1 unspecified atom stereocenters. The molecule has 1 heterocycles. The van der Waals surface area contributed by atoms with Crippen LogP contribution in [-0.4, -0.2) is 17.4 Å². The van der Waals surface area contributed by atoms with Crippen molar-refractivity contribution >= 4 is 17.2 Å². The lowest BCUT2D eigenvalue weighted by Crippen LogP contribution is -2.34. The van der Waals surface area contributed by atoms with Gasteiger partial charge in [0, 0.05) is 17.3 Å². The zero-order valence-electron chi connectivity index (χ0n) is 9.98. The van der Waals surface area contributed by atoms with Gasteiger partial charge in [0.05, 0.1) is 6.54 Å². The van der Waals surface area contributed by atoms with E-state index in [1.807, 2.05) is 30.2 Å². The van der Waals surface area contributed by atoms with Gasteiger partial charge in [-0.3, -0.25) is 4.79 Å². The average Bonchev–Trinajstić information content (AvgIpc) is 2.79. The van der Waals surface area contributed by atoms with Crippen molar-refractivity contribution in [1.29, 1.82) is 0 Å². The number of carbonyl (C=O) groups is 1. The average molecular weight is 237 g/mol. The number of hydrogen-bond acceptors (Lipinski definition) is 2. The van der Waals surface area contributed by atoms with Crippen LogP contribution in [0.2, 0.25) is 0 Å². The van der Waals surface area contributed by atoms with E-state index in [9.17, 15) is 4.79 Å². The quantitative estimate of drug-likeness (QED) is 0.695. The molecule has 16 heavy (non-hydrogen) atoms. The Balaban J connectivity index is 2.67. The number of amides is 1. The van der Waals surface area contributed by atoms with Crippen molar-refractivity contribution < 1.29 is 4.79 Å². The highest BCUT2D eigenvalue weighted by molar-refractivity contribution is 7.09. The maximum atomic E-state index is 12.1. The molecule has 3 heteroatoms. The first-order valence-electron chi connectivity index (χ1n) is 5.61. The monoisotopic (exact) mass is 237 g/mol. The van der Waals surface area contributed by atoms with E-state index in [0.29, 0.717) is 13.1 Å². The van der Waals surface area contributed by atoms with E-state index in [4.69, 9.17) is 0 Å². The maximum Gasteiger partial charge on any atom is 0.225 e. The van der Waals surface area contributed by atoms with Gasteiger partial charge < -0.3 is 4.90 Å². The Morgan fingerprint density at radius 1 is 1.69 bits per heavy atom. The summed E-state index contributed by atoms with van der Waals surface area (Å²) >= 11 is 1.69. The largest absolute Gasteiger partial charge is 0.334 e. The summed E-state index contributed by atoms with van der Waals surface area (Å²) in [6.07, 6.45) is 2.67. The van der Waals surface area contributed by atoms with Gasteiger partial charge in [0.1, 0.15) is 0 Å². The topological polar surface area (TPSA) is 20.3 Å². The molecule has 1 atom stereocenters. The van der Waals surface area contributed by atoms with Crippen LogP contribution in [0, 0.1) is 5.92 Å². The third-order valence-corrected chi connectivity index (χ3v) is 3.48. The Labute approximate surface area is 102 Å². The van der Waals surface area contributed by atoms with Crippen LogP contribution in [0.25, 0.3) is 0 Å². The van der Waals surface area contributed by atoms with Gasteiger partial charge in [-0.1, -0.05) is 26.0 Å². The SMILES string of the molecule is C=CCN(Cc1cccs1)C(=O)C(C)CC. The van der Waals surface area contributed by atoms with Gasteiger partial charge in [-0.05, 0) is 17.9 Å². The third-order valence-electron chi connectivity index (χ3n) is 2.62. The van der Waals surface area contributed by atoms with E-state index in [-0.39, 0.29) is 11.8 Å². The summed E-state index contributed by atoms with van der Waals surface area (Å²) in [6, 6.07) is 4.07. The summed E-state index contributed by atoms with van der Waals surface area (Å²) in [5.74, 6) is 0.315. The Morgan fingerprint density at radius 2 is 2.44 bits per heavy atom. The minimum Gasteiger partial charge on any atom is -0.334 e. The lowest BCUT2D eigenvalue weighted by molar-refractivity contribution is -0.135. The Morgan fingerprint density at radius 3 is 2.94 bits per heavy atom. The molecule has 0 aliphatic carbocycles. The van der Waals surface area contributed by atoms with Gasteiger partial charge in [0.15, 0.2) is 0 Å². The van der Waals surface area contributed by atoms with Gasteiger partial charge in [-0.25, -0.2) is 0 Å². The smallest absolute Gasteiger partial charge is 0.225 e. The molecule has 0 radical (unpaired) electrons. The van der Waals surface area contributed by atoms with E-state index < -0.39 is 0 Å². The molecule has 0 bridgehead atoms. The number of hydrogen-bond donors (Lipinski definition) is 0. The van der Waals surface area contributed by atoms with Crippen LogP contribution in [-0.2, 0) is 11.3 Å². The van der Waals surface area contributed by atoms with E-state index >= 15 is 0 Å². The Kier molecular flexibility index (Phi) is 5.26. The van der Waals surface area contributed by atoms with Crippen LogP contribution in [0.15, 0.2) is 30.2 Å². The highest BCUT2D eigenvalue weighted by Crippen LogP contribution is 2.15. The molecule has 0 saturated carbocycles. The van der Waals surface area contributed by atoms with Crippen LogP contribution < -0.4 is 0 Å². The van der Waals surface area contributed by atoms with Crippen LogP contribution in [0.1, 0.15) is 25.1 Å². The van der Waals surface area contributed by atoms with Crippen molar-refractivity contribution in [2.45, 2.75) is 26.8 Å². The molecule has 88 valence electrons. The molecule has 0 aromatic carbocycles. The highest BCUT2D eigenvalue weighted by Gasteiger charge is 2.18. The van der Waals surface area contributed by atoms with Crippen molar-refractivity contribution in [3.05, 3.63) is 35.0 Å². The van der Waals surface area contributed by atoms with Crippen molar-refractivity contribution in [3.8, 4) is 0 Å². The van der Waals surface area contributed by atoms with Gasteiger partial charge >= 0.3 is 0 Å². The van der Waals surface area contributed by atoms with Crippen LogP contribution in [0.5, 0.6) is 0 Å². The van der Waals surface area contributed by atoms with Crippen LogP contribution >= 0.6 is 11.3 Å². The number of carbonyl (C=O) groups excluding carboxylic acids is 1. The second kappa shape index (κ2) is 6.48. The molecule has 1 aromatic rings. The Bertz CT molecular complexity index is 332. The number of nitrogens with zero attached hydrogens (tertiary/aromatic N) is 1. The lowest BCUT2D eigenvalue weighted by atomic mass is 10.1. The minimum absolute atomic E-state index is 0.0971. The van der Waals surface area contributed by atoms with Crippen molar-refractivity contribution in [2.24, 2.45) is 5.92 Å². The summed E-state index contributed by atoms with van der Waals surface area (Å²) in [6.45, 7) is 9.05. The predicted molar refractivity (Wildman–Crippen MR) is 69.4 cm³/mol. The van der Waals surface area contributed by atoms with E-state index in [1.54, 1.807) is 17.4 Å². The molecular weight excluding hydrogens is 218 g/mol. The summed E-state index contributed by atoms with van der Waals surface area (Å²) in [5.41, 5.74) is 0. The molecule has 0 fully saturated rings. The first-order valence-corrected chi connectivity index (χ1v) is 6.49. The molecule has 1 aromatic heterocycles. The number of thiophene rings is 1. The maximum absolute atomic E-state index is 12.1. The fourth-order valence-electron chi connectivity index (χ4n) is 1.47. The second-order valence-electron chi connectivity index (χ2n) is 3.90. The Hall–Kier alpha value is -1.09. The fraction of sp³-hybridized carbons (Fsp3) is 0.462. The zero-order valence-corrected chi connectivity index (χ0v) is 10.8. The second-order valence-corrected chi connectivity index (χ2v) is 4.93. The predicted octanol–water partition coefficient (Wildman–Crippen LogP) is 3.31. The van der Waals surface area contributed by atoms with E-state index in [2.05, 4.69) is 12.6 Å². The molecule has 0 spiro atoms. The van der Waals surface area contributed by atoms with Crippen LogP contribution in [0.4, 0.5) is 0 Å². The molecule has 0 saturated heterocycles. The molecule has 1 rings (SSSR count). The molecule has 1 amide bonds. The summed E-state index contributed by atoms with van der Waals surface area (Å²) in [4.78, 5) is 15.2. The lowest BCUT2D eigenvalue weighted by Gasteiger charge is -2.23. The van der Waals surface area contributed by atoms with E-state index in [0.717, 1.165) is 6.42 Å². The summed E-state index contributed by atoms with van der Waals surface area (Å²) < 4.78 is 0. The van der Waals surface area contributed by atoms with Gasteiger partial charge in [-0.15, -0.1) is 17.9 Å². The fourth-order valence-corrected chi connectivity index (χ4v) is 2.18. The van der Waals surface area contributed by atoms with Crippen molar-refractivity contribution in [3.63, 3.8) is 0 Å². The summed E-state index contributed by atoms with van der Waals surface area (Å²) in [5, 5.41) is 2.04. The standard InChI is InChI=1S/C13H19NOS/c1-4-8-14(13(15)11(3)5-2)10-12-7-6-9-16-12/h4,6-7,9,11H,1,5,8,10H2,2-3H3. The minimum atomic E-state index is 0.0971. The first kappa shape index (κ1) is 13.0. The van der Waals surface area contributed by atoms with E-state index in [1.165, 1.54) is 4.88 Å². The highest BCUT2D eigenvalue weighted by atomic mass is 32.1. The molecule has 0 aliphatic heterocycles. The molecule has 0 N–H and O–H groups in total. The normalized spacial score (nSPS) is 12.1. The molecule has 0 aliphatic rings. The third kappa shape index (κ3) is 3.49. The zero-order chi connectivity index (χ0) is 12.0. The number of rotatable bonds is 6. The molecular formula is C13H19NOS. The first-order chi connectivity index (χ1) is 7.69.